The fourth-order valence-corrected chi connectivity index (χ4v) is 2.81. The molecule has 17 heavy (non-hydrogen) atoms. The van der Waals surface area contributed by atoms with Gasteiger partial charge in [-0.15, -0.1) is 0 Å². The van der Waals surface area contributed by atoms with Crippen LogP contribution in [0.1, 0.15) is 23.1 Å². The number of allylic oxidation sites excluding steroid dienone is 1. The second-order valence-corrected chi connectivity index (χ2v) is 5.24. The molecule has 0 nitrogen and oxygen atoms in total. The number of hydrogen-bond donors (Lipinski definition) is 0. The maximum absolute atomic E-state index is 3.55. The van der Waals surface area contributed by atoms with Crippen molar-refractivity contribution >= 4 is 21.5 Å². The van der Waals surface area contributed by atoms with Crippen LogP contribution in [0, 0.1) is 0 Å². The van der Waals surface area contributed by atoms with E-state index in [0.29, 0.717) is 0 Å². The zero-order valence-corrected chi connectivity index (χ0v) is 11.1. The zero-order chi connectivity index (χ0) is 11.7. The van der Waals surface area contributed by atoms with Gasteiger partial charge in [-0.05, 0) is 47.2 Å². The average Bonchev–Trinajstić information content (AvgIpc) is 2.39. The van der Waals surface area contributed by atoms with Crippen molar-refractivity contribution in [1.29, 1.82) is 0 Å². The molecule has 84 valence electrons. The van der Waals surface area contributed by atoms with Crippen LogP contribution in [0.3, 0.4) is 0 Å². The standard InChI is InChI=1S/C16H13Br/c17-14-9-10-16-13(11-14)7-4-8-15(16)12-5-2-1-3-6-12/h1-3,5-6,8-11H,4,7H2. The molecule has 1 aliphatic rings. The minimum absolute atomic E-state index is 1.13. The number of halogens is 1. The number of hydrogen-bond acceptors (Lipinski definition) is 0. The van der Waals surface area contributed by atoms with E-state index in [0.717, 1.165) is 12.8 Å². The summed E-state index contributed by atoms with van der Waals surface area (Å²) in [6.07, 6.45) is 4.63. The van der Waals surface area contributed by atoms with E-state index in [-0.39, 0.29) is 0 Å². The second kappa shape index (κ2) is 4.50. The first-order chi connectivity index (χ1) is 8.34. The van der Waals surface area contributed by atoms with Gasteiger partial charge in [0.25, 0.3) is 0 Å². The van der Waals surface area contributed by atoms with Crippen molar-refractivity contribution < 1.29 is 0 Å². The van der Waals surface area contributed by atoms with Gasteiger partial charge in [-0.2, -0.15) is 0 Å². The molecule has 2 aromatic carbocycles. The molecule has 1 aliphatic carbocycles. The van der Waals surface area contributed by atoms with Crippen LogP contribution >= 0.6 is 15.9 Å². The summed E-state index contributed by atoms with van der Waals surface area (Å²) in [5.41, 5.74) is 5.52. The van der Waals surface area contributed by atoms with E-state index >= 15 is 0 Å². The summed E-state index contributed by atoms with van der Waals surface area (Å²) in [6, 6.07) is 17.2. The van der Waals surface area contributed by atoms with Crippen molar-refractivity contribution in [1.82, 2.24) is 0 Å². The zero-order valence-electron chi connectivity index (χ0n) is 9.49. The van der Waals surface area contributed by atoms with Gasteiger partial charge in [-0.25, -0.2) is 0 Å². The normalized spacial score (nSPS) is 14.1. The summed E-state index contributed by atoms with van der Waals surface area (Å²) < 4.78 is 1.17. The smallest absolute Gasteiger partial charge is 0.0178 e. The lowest BCUT2D eigenvalue weighted by Crippen LogP contribution is -2.00. The van der Waals surface area contributed by atoms with Gasteiger partial charge in [0.15, 0.2) is 0 Å². The molecule has 0 spiro atoms. The van der Waals surface area contributed by atoms with E-state index in [1.165, 1.54) is 26.7 Å². The van der Waals surface area contributed by atoms with Crippen molar-refractivity contribution in [3.8, 4) is 0 Å². The molecule has 1 heteroatoms. The Balaban J connectivity index is 2.12. The second-order valence-electron chi connectivity index (χ2n) is 4.32. The summed E-state index contributed by atoms with van der Waals surface area (Å²) in [7, 11) is 0. The minimum atomic E-state index is 1.13. The van der Waals surface area contributed by atoms with Crippen molar-refractivity contribution in [2.75, 3.05) is 0 Å². The average molecular weight is 285 g/mol. The summed E-state index contributed by atoms with van der Waals surface area (Å²) in [4.78, 5) is 0. The van der Waals surface area contributed by atoms with E-state index in [1.807, 2.05) is 0 Å². The lowest BCUT2D eigenvalue weighted by Gasteiger charge is -2.18. The van der Waals surface area contributed by atoms with Crippen LogP contribution < -0.4 is 0 Å². The first-order valence-electron chi connectivity index (χ1n) is 5.89. The summed E-state index contributed by atoms with van der Waals surface area (Å²) in [5.74, 6) is 0. The highest BCUT2D eigenvalue weighted by atomic mass is 79.9. The largest absolute Gasteiger partial charge is 0.0757 e. The third-order valence-corrected chi connectivity index (χ3v) is 3.70. The van der Waals surface area contributed by atoms with Gasteiger partial charge in [-0.1, -0.05) is 58.4 Å². The molecule has 0 heterocycles. The van der Waals surface area contributed by atoms with Gasteiger partial charge >= 0.3 is 0 Å². The molecule has 0 fully saturated rings. The van der Waals surface area contributed by atoms with Crippen LogP contribution in [-0.4, -0.2) is 0 Å². The highest BCUT2D eigenvalue weighted by molar-refractivity contribution is 9.10. The lowest BCUT2D eigenvalue weighted by atomic mass is 9.87. The van der Waals surface area contributed by atoms with E-state index in [2.05, 4.69) is 70.5 Å². The molecule has 0 unspecified atom stereocenters. The molecule has 0 radical (unpaired) electrons. The number of aryl methyl sites for hydroxylation is 1. The Morgan fingerprint density at radius 3 is 2.59 bits per heavy atom. The number of benzene rings is 2. The van der Waals surface area contributed by atoms with Crippen molar-refractivity contribution in [3.63, 3.8) is 0 Å². The maximum atomic E-state index is 3.55. The summed E-state index contributed by atoms with van der Waals surface area (Å²) >= 11 is 3.55. The molecule has 2 aromatic rings. The fraction of sp³-hybridized carbons (Fsp3) is 0.125. The van der Waals surface area contributed by atoms with Crippen LogP contribution in [0.25, 0.3) is 5.57 Å². The molecule has 0 aromatic heterocycles. The molecular formula is C16H13Br. The van der Waals surface area contributed by atoms with Crippen molar-refractivity contribution in [3.05, 3.63) is 75.8 Å². The Labute approximate surface area is 110 Å². The maximum Gasteiger partial charge on any atom is 0.0178 e. The first kappa shape index (κ1) is 10.8. The van der Waals surface area contributed by atoms with Crippen molar-refractivity contribution in [2.45, 2.75) is 12.8 Å². The third-order valence-electron chi connectivity index (χ3n) is 3.20. The Bertz CT molecular complexity index is 567. The van der Waals surface area contributed by atoms with Crippen LogP contribution in [0.4, 0.5) is 0 Å². The molecule has 0 saturated carbocycles. The molecule has 0 amide bonds. The summed E-state index contributed by atoms with van der Waals surface area (Å²) in [5, 5.41) is 0. The predicted molar refractivity (Wildman–Crippen MR) is 76.0 cm³/mol. The Kier molecular flexibility index (Phi) is 2.86. The van der Waals surface area contributed by atoms with Crippen LogP contribution in [0.5, 0.6) is 0 Å². The molecule has 0 saturated heterocycles. The van der Waals surface area contributed by atoms with E-state index < -0.39 is 0 Å². The number of rotatable bonds is 1. The van der Waals surface area contributed by atoms with Gasteiger partial charge in [-0.3, -0.25) is 0 Å². The number of fused-ring (bicyclic) bond motifs is 1. The van der Waals surface area contributed by atoms with Crippen LogP contribution in [0.15, 0.2) is 59.1 Å². The molecule has 0 atom stereocenters. The van der Waals surface area contributed by atoms with Gasteiger partial charge in [0, 0.05) is 4.47 Å². The van der Waals surface area contributed by atoms with Gasteiger partial charge in [0.1, 0.15) is 0 Å². The molecule has 0 bridgehead atoms. The summed E-state index contributed by atoms with van der Waals surface area (Å²) in [6.45, 7) is 0. The molecule has 3 rings (SSSR count). The fourth-order valence-electron chi connectivity index (χ4n) is 2.40. The quantitative estimate of drug-likeness (QED) is 0.704. The van der Waals surface area contributed by atoms with E-state index in [4.69, 9.17) is 0 Å². The Morgan fingerprint density at radius 2 is 1.76 bits per heavy atom. The van der Waals surface area contributed by atoms with Crippen LogP contribution in [0.2, 0.25) is 0 Å². The molecule has 0 aliphatic heterocycles. The van der Waals surface area contributed by atoms with Gasteiger partial charge in [0.2, 0.25) is 0 Å². The third kappa shape index (κ3) is 2.07. The predicted octanol–water partition coefficient (Wildman–Crippen LogP) is 4.83. The topological polar surface area (TPSA) is 0 Å². The monoisotopic (exact) mass is 284 g/mol. The van der Waals surface area contributed by atoms with Crippen molar-refractivity contribution in [2.24, 2.45) is 0 Å². The van der Waals surface area contributed by atoms with Crippen LogP contribution in [-0.2, 0) is 6.42 Å². The molecule has 0 N–H and O–H groups in total. The Morgan fingerprint density at radius 1 is 0.941 bits per heavy atom. The minimum Gasteiger partial charge on any atom is -0.0757 e. The van der Waals surface area contributed by atoms with Gasteiger partial charge in [0.05, 0.1) is 0 Å². The first-order valence-corrected chi connectivity index (χ1v) is 6.68. The van der Waals surface area contributed by atoms with Gasteiger partial charge < -0.3 is 0 Å². The lowest BCUT2D eigenvalue weighted by molar-refractivity contribution is 0.976. The van der Waals surface area contributed by atoms with E-state index in [1.54, 1.807) is 0 Å². The highest BCUT2D eigenvalue weighted by Crippen LogP contribution is 2.32. The SMILES string of the molecule is Brc1ccc2c(c1)CCC=C2c1ccccc1. The highest BCUT2D eigenvalue weighted by Gasteiger charge is 2.13. The molecular weight excluding hydrogens is 272 g/mol. The Hall–Kier alpha value is -1.34. The van der Waals surface area contributed by atoms with E-state index in [9.17, 15) is 0 Å².